The number of para-hydroxylation sites is 1. The van der Waals surface area contributed by atoms with Crippen molar-refractivity contribution < 1.29 is 22.0 Å². The molecule has 1 nitrogen and oxygen atoms in total. The third-order valence-corrected chi connectivity index (χ3v) is 1.33. The van der Waals surface area contributed by atoms with Crippen molar-refractivity contribution >= 4 is 16.6 Å². The Morgan fingerprint density at radius 1 is 1.20 bits per heavy atom. The summed E-state index contributed by atoms with van der Waals surface area (Å²) in [5.41, 5.74) is 1.12. The van der Waals surface area contributed by atoms with Crippen LogP contribution >= 0.6 is 0 Å². The van der Waals surface area contributed by atoms with E-state index < -0.39 is 0 Å². The standard InChI is InChI=1S/C8H7N.V/c1-2-9-8-6-4-3-5-7-8;/h1-7H;/p+1. The van der Waals surface area contributed by atoms with Gasteiger partial charge in [-0.15, -0.1) is 0 Å². The second-order valence-electron chi connectivity index (χ2n) is 1.83. The van der Waals surface area contributed by atoms with Crippen LogP contribution in [0.5, 0.6) is 0 Å². The van der Waals surface area contributed by atoms with E-state index in [9.17, 15) is 0 Å². The number of nitrogens with one attached hydrogen (secondary N) is 1. The van der Waals surface area contributed by atoms with Gasteiger partial charge in [-0.25, -0.2) is 0 Å². The zero-order valence-corrected chi connectivity index (χ0v) is 6.89. The fourth-order valence-corrected chi connectivity index (χ4v) is 0.784. The van der Waals surface area contributed by atoms with E-state index in [4.69, 9.17) is 0 Å². The van der Waals surface area contributed by atoms with Crippen LogP contribution in [0.3, 0.4) is 0 Å². The molecule has 0 spiro atoms. The molecule has 0 amide bonds. The van der Waals surface area contributed by atoms with Gasteiger partial charge in [0.1, 0.15) is 0 Å². The molecular formula is C8H8NV+. The van der Waals surface area contributed by atoms with Gasteiger partial charge in [-0.3, -0.25) is 0 Å². The van der Waals surface area contributed by atoms with Gasteiger partial charge < -0.3 is 0 Å². The molecule has 1 aromatic carbocycles. The van der Waals surface area contributed by atoms with E-state index in [1.807, 2.05) is 41.3 Å². The Labute approximate surface area is 69.3 Å². The van der Waals surface area contributed by atoms with Crippen molar-refractivity contribution in [3.05, 3.63) is 30.3 Å². The van der Waals surface area contributed by atoms with Crippen molar-refractivity contribution in [2.75, 3.05) is 0 Å². The first-order valence-corrected chi connectivity index (χ1v) is 3.85. The predicted octanol–water partition coefficient (Wildman–Crippen LogP) is -0.182. The zero-order valence-electron chi connectivity index (χ0n) is 5.49. The quantitative estimate of drug-likeness (QED) is 0.590. The van der Waals surface area contributed by atoms with Gasteiger partial charge >= 0.3 is 68.9 Å². The summed E-state index contributed by atoms with van der Waals surface area (Å²) in [7, 11) is 0. The van der Waals surface area contributed by atoms with Gasteiger partial charge in [-0.1, -0.05) is 0 Å². The monoisotopic (exact) mass is 169 g/mol. The molecular weight excluding hydrogens is 161 g/mol. The Kier molecular flexibility index (Phi) is 3.13. The fraction of sp³-hybridized carbons (Fsp3) is 0. The van der Waals surface area contributed by atoms with Crippen LogP contribution in [0.25, 0.3) is 0 Å². The molecule has 0 saturated heterocycles. The summed E-state index contributed by atoms with van der Waals surface area (Å²) in [4.78, 5) is 3.10. The van der Waals surface area contributed by atoms with Crippen LogP contribution in [0.1, 0.15) is 0 Å². The Morgan fingerprint density at radius 2 is 1.90 bits per heavy atom. The molecule has 10 heavy (non-hydrogen) atoms. The van der Waals surface area contributed by atoms with Gasteiger partial charge in [0.05, 0.1) is 0 Å². The van der Waals surface area contributed by atoms with Gasteiger partial charge in [0.15, 0.2) is 0 Å². The van der Waals surface area contributed by atoms with Crippen LogP contribution in [0, 0.1) is 0 Å². The van der Waals surface area contributed by atoms with Crippen molar-refractivity contribution in [1.82, 2.24) is 0 Å². The maximum atomic E-state index is 3.10. The summed E-state index contributed by atoms with van der Waals surface area (Å²) >= 11 is 2.38. The first-order valence-electron chi connectivity index (χ1n) is 3.04. The van der Waals surface area contributed by atoms with Crippen molar-refractivity contribution in [3.8, 4) is 0 Å². The summed E-state index contributed by atoms with van der Waals surface area (Å²) in [6.07, 6.45) is 1.88. The first-order chi connectivity index (χ1) is 4.93. The molecule has 2 heteroatoms. The molecule has 0 radical (unpaired) electrons. The topological polar surface area (TPSA) is 14.0 Å². The third kappa shape index (κ3) is 2.30. The number of hydrogen-bond acceptors (Lipinski definition) is 0. The molecule has 49 valence electrons. The fourth-order valence-electron chi connectivity index (χ4n) is 0.668. The Hall–Kier alpha value is -0.656. The van der Waals surface area contributed by atoms with E-state index in [-0.39, 0.29) is 0 Å². The van der Waals surface area contributed by atoms with Gasteiger partial charge in [0, 0.05) is 0 Å². The minimum absolute atomic E-state index is 1.12. The summed E-state index contributed by atoms with van der Waals surface area (Å²) in [5, 5.41) is 0. The summed E-state index contributed by atoms with van der Waals surface area (Å²) < 4.78 is 1.90. The second-order valence-corrected chi connectivity index (χ2v) is 2.29. The van der Waals surface area contributed by atoms with Crippen molar-refractivity contribution in [1.29, 1.82) is 0 Å². The van der Waals surface area contributed by atoms with E-state index in [2.05, 4.69) is 22.0 Å². The van der Waals surface area contributed by atoms with E-state index >= 15 is 0 Å². The zero-order chi connectivity index (χ0) is 7.23. The van der Waals surface area contributed by atoms with Gasteiger partial charge in [-0.2, -0.15) is 0 Å². The molecule has 1 rings (SSSR count). The average Bonchev–Trinajstić information content (AvgIpc) is 2.03. The molecule has 0 aliphatic rings. The number of hydrogen-bond donors (Lipinski definition) is 1. The predicted molar refractivity (Wildman–Crippen MR) is 39.2 cm³/mol. The number of rotatable bonds is 2. The van der Waals surface area contributed by atoms with Crippen LogP contribution in [0.2, 0.25) is 0 Å². The molecule has 1 aromatic rings. The van der Waals surface area contributed by atoms with Crippen molar-refractivity contribution in [2.24, 2.45) is 0 Å². The average molecular weight is 169 g/mol. The Balaban J connectivity index is 2.76. The summed E-state index contributed by atoms with van der Waals surface area (Å²) in [6.45, 7) is 0. The van der Waals surface area contributed by atoms with Gasteiger partial charge in [0.2, 0.25) is 0 Å². The van der Waals surface area contributed by atoms with Crippen molar-refractivity contribution in [3.63, 3.8) is 0 Å². The van der Waals surface area contributed by atoms with Crippen LogP contribution < -0.4 is 4.99 Å². The molecule has 0 aliphatic heterocycles. The van der Waals surface area contributed by atoms with E-state index in [0.29, 0.717) is 0 Å². The van der Waals surface area contributed by atoms with Crippen LogP contribution in [0.4, 0.5) is 5.69 Å². The van der Waals surface area contributed by atoms with E-state index in [1.165, 1.54) is 0 Å². The van der Waals surface area contributed by atoms with Crippen LogP contribution in [-0.2, 0) is 17.0 Å². The molecule has 0 fully saturated rings. The molecule has 1 N–H and O–H groups in total. The molecule has 0 heterocycles. The summed E-state index contributed by atoms with van der Waals surface area (Å²) in [6, 6.07) is 10.0. The molecule has 0 aliphatic carbocycles. The van der Waals surface area contributed by atoms with Crippen LogP contribution in [-0.4, -0.2) is 10.9 Å². The summed E-state index contributed by atoms with van der Waals surface area (Å²) in [5.74, 6) is 0. The SMILES string of the molecule is [V]=[CH]C=[NH+]c1ccccc1. The molecule has 0 bridgehead atoms. The number of benzene rings is 1. The molecule has 0 atom stereocenters. The second kappa shape index (κ2) is 4.21. The molecule has 0 unspecified atom stereocenters. The maximum absolute atomic E-state index is 3.10. The Bertz CT molecular complexity index is 228. The molecule has 0 aromatic heterocycles. The molecule has 0 saturated carbocycles. The van der Waals surface area contributed by atoms with E-state index in [1.54, 1.807) is 0 Å². The first kappa shape index (κ1) is 7.45. The Morgan fingerprint density at radius 3 is 2.50 bits per heavy atom. The van der Waals surface area contributed by atoms with Crippen molar-refractivity contribution in [2.45, 2.75) is 0 Å². The van der Waals surface area contributed by atoms with Gasteiger partial charge in [0.25, 0.3) is 0 Å². The normalized spacial score (nSPS) is 9.90. The third-order valence-electron chi connectivity index (χ3n) is 1.10. The van der Waals surface area contributed by atoms with E-state index in [0.717, 1.165) is 5.69 Å². The minimum atomic E-state index is 1.12. The van der Waals surface area contributed by atoms with Gasteiger partial charge in [-0.05, 0) is 0 Å². The van der Waals surface area contributed by atoms with Crippen LogP contribution in [0.15, 0.2) is 30.3 Å².